The Morgan fingerprint density at radius 3 is 2.35 bits per heavy atom. The summed E-state index contributed by atoms with van der Waals surface area (Å²) in [7, 11) is 0. The van der Waals surface area contributed by atoms with Gasteiger partial charge in [0.1, 0.15) is 0 Å². The predicted octanol–water partition coefficient (Wildman–Crippen LogP) is 3.88. The Hall–Kier alpha value is -0.860. The molecule has 20 heavy (non-hydrogen) atoms. The standard InChI is InChI=1S/C18H31NO/c1-7-16(19)17(20)10-13(3)14-9-8-12(2)15(11-14)18(4,5)6/h8-9,11,13,16-17,20H,7,10,19H2,1-6H3. The number of rotatable bonds is 5. The molecule has 3 atom stereocenters. The summed E-state index contributed by atoms with van der Waals surface area (Å²) in [4.78, 5) is 0. The van der Waals surface area contributed by atoms with Crippen molar-refractivity contribution < 1.29 is 5.11 Å². The number of nitrogens with two attached hydrogens (primary N) is 1. The average Bonchev–Trinajstić information content (AvgIpc) is 2.36. The van der Waals surface area contributed by atoms with E-state index < -0.39 is 6.10 Å². The lowest BCUT2D eigenvalue weighted by Crippen LogP contribution is -2.34. The van der Waals surface area contributed by atoms with Crippen LogP contribution < -0.4 is 5.73 Å². The molecule has 0 radical (unpaired) electrons. The molecule has 3 unspecified atom stereocenters. The molecule has 0 saturated heterocycles. The van der Waals surface area contributed by atoms with Gasteiger partial charge in [-0.25, -0.2) is 0 Å². The van der Waals surface area contributed by atoms with Crippen LogP contribution in [0.15, 0.2) is 18.2 Å². The summed E-state index contributed by atoms with van der Waals surface area (Å²) < 4.78 is 0. The molecule has 1 rings (SSSR count). The van der Waals surface area contributed by atoms with Crippen molar-refractivity contribution in [3.63, 3.8) is 0 Å². The van der Waals surface area contributed by atoms with Crippen LogP contribution in [-0.2, 0) is 5.41 Å². The molecule has 0 aromatic heterocycles. The lowest BCUT2D eigenvalue weighted by molar-refractivity contribution is 0.126. The van der Waals surface area contributed by atoms with E-state index in [9.17, 15) is 5.11 Å². The second kappa shape index (κ2) is 6.73. The summed E-state index contributed by atoms with van der Waals surface area (Å²) in [6.07, 6.45) is 1.12. The Bertz CT molecular complexity index is 434. The summed E-state index contributed by atoms with van der Waals surface area (Å²) in [5.41, 5.74) is 10.1. The van der Waals surface area contributed by atoms with Gasteiger partial charge in [-0.05, 0) is 47.8 Å². The molecular weight excluding hydrogens is 246 g/mol. The molecule has 2 nitrogen and oxygen atoms in total. The molecule has 2 heteroatoms. The van der Waals surface area contributed by atoms with Crippen molar-refractivity contribution in [3.8, 4) is 0 Å². The summed E-state index contributed by atoms with van der Waals surface area (Å²) in [6, 6.07) is 6.55. The molecule has 0 aliphatic rings. The monoisotopic (exact) mass is 277 g/mol. The van der Waals surface area contributed by atoms with Gasteiger partial charge in [-0.1, -0.05) is 52.8 Å². The maximum absolute atomic E-state index is 10.1. The molecule has 0 fully saturated rings. The second-order valence-corrected chi connectivity index (χ2v) is 7.10. The molecule has 0 bridgehead atoms. The average molecular weight is 277 g/mol. The van der Waals surface area contributed by atoms with E-state index in [1.807, 2.05) is 6.92 Å². The van der Waals surface area contributed by atoms with Crippen LogP contribution in [0.25, 0.3) is 0 Å². The van der Waals surface area contributed by atoms with Crippen molar-refractivity contribution in [1.82, 2.24) is 0 Å². The van der Waals surface area contributed by atoms with Crippen LogP contribution >= 0.6 is 0 Å². The van der Waals surface area contributed by atoms with Gasteiger partial charge in [-0.2, -0.15) is 0 Å². The van der Waals surface area contributed by atoms with Gasteiger partial charge < -0.3 is 10.8 Å². The lowest BCUT2D eigenvalue weighted by Gasteiger charge is -2.25. The highest BCUT2D eigenvalue weighted by atomic mass is 16.3. The van der Waals surface area contributed by atoms with E-state index in [1.165, 1.54) is 16.7 Å². The van der Waals surface area contributed by atoms with Gasteiger partial charge in [0.15, 0.2) is 0 Å². The Morgan fingerprint density at radius 2 is 1.85 bits per heavy atom. The van der Waals surface area contributed by atoms with Gasteiger partial charge in [-0.15, -0.1) is 0 Å². The van der Waals surface area contributed by atoms with Crippen LogP contribution in [0.2, 0.25) is 0 Å². The van der Waals surface area contributed by atoms with E-state index in [0.29, 0.717) is 5.92 Å². The van der Waals surface area contributed by atoms with Crippen LogP contribution in [0.1, 0.15) is 70.1 Å². The second-order valence-electron chi connectivity index (χ2n) is 7.10. The first-order chi connectivity index (χ1) is 9.16. The van der Waals surface area contributed by atoms with Gasteiger partial charge in [-0.3, -0.25) is 0 Å². The minimum Gasteiger partial charge on any atom is -0.391 e. The highest BCUT2D eigenvalue weighted by molar-refractivity contribution is 5.37. The molecular formula is C18H31NO. The molecule has 1 aromatic rings. The van der Waals surface area contributed by atoms with E-state index in [-0.39, 0.29) is 11.5 Å². The molecule has 0 aliphatic heterocycles. The van der Waals surface area contributed by atoms with Crippen molar-refractivity contribution in [1.29, 1.82) is 0 Å². The number of benzene rings is 1. The first-order valence-electron chi connectivity index (χ1n) is 7.71. The normalized spacial score (nSPS) is 16.8. The van der Waals surface area contributed by atoms with Crippen molar-refractivity contribution in [2.75, 3.05) is 0 Å². The van der Waals surface area contributed by atoms with E-state index in [1.54, 1.807) is 0 Å². The van der Waals surface area contributed by atoms with Gasteiger partial charge in [0, 0.05) is 6.04 Å². The van der Waals surface area contributed by atoms with Gasteiger partial charge in [0.05, 0.1) is 6.10 Å². The lowest BCUT2D eigenvalue weighted by atomic mass is 9.81. The fourth-order valence-corrected chi connectivity index (χ4v) is 2.70. The quantitative estimate of drug-likeness (QED) is 0.858. The third-order valence-corrected chi connectivity index (χ3v) is 4.20. The van der Waals surface area contributed by atoms with E-state index >= 15 is 0 Å². The molecule has 114 valence electrons. The third-order valence-electron chi connectivity index (χ3n) is 4.20. The van der Waals surface area contributed by atoms with E-state index in [2.05, 4.69) is 52.8 Å². The molecule has 0 aliphatic carbocycles. The van der Waals surface area contributed by atoms with Gasteiger partial charge >= 0.3 is 0 Å². The molecule has 0 amide bonds. The largest absolute Gasteiger partial charge is 0.391 e. The summed E-state index contributed by atoms with van der Waals surface area (Å²) in [6.45, 7) is 13.1. The molecule has 0 spiro atoms. The van der Waals surface area contributed by atoms with Crippen molar-refractivity contribution >= 4 is 0 Å². The Labute approximate surface area is 124 Å². The zero-order chi connectivity index (χ0) is 15.5. The number of hydrogen-bond acceptors (Lipinski definition) is 2. The summed E-state index contributed by atoms with van der Waals surface area (Å²) >= 11 is 0. The van der Waals surface area contributed by atoms with Crippen LogP contribution in [0.5, 0.6) is 0 Å². The molecule has 1 aromatic carbocycles. The predicted molar refractivity (Wildman–Crippen MR) is 87.2 cm³/mol. The van der Waals surface area contributed by atoms with Crippen molar-refractivity contribution in [2.24, 2.45) is 5.73 Å². The SMILES string of the molecule is CCC(N)C(O)CC(C)c1ccc(C)c(C(C)(C)C)c1. The van der Waals surface area contributed by atoms with Crippen LogP contribution in [0.3, 0.4) is 0 Å². The number of aliphatic hydroxyl groups excluding tert-OH is 1. The molecule has 0 saturated carbocycles. The first-order valence-corrected chi connectivity index (χ1v) is 7.71. The van der Waals surface area contributed by atoms with Crippen molar-refractivity contribution in [3.05, 3.63) is 34.9 Å². The van der Waals surface area contributed by atoms with Crippen LogP contribution in [-0.4, -0.2) is 17.3 Å². The fraction of sp³-hybridized carbons (Fsp3) is 0.667. The van der Waals surface area contributed by atoms with Crippen molar-refractivity contribution in [2.45, 2.75) is 77.9 Å². The molecule has 0 heterocycles. The highest BCUT2D eigenvalue weighted by Gasteiger charge is 2.20. The Morgan fingerprint density at radius 1 is 1.25 bits per heavy atom. The van der Waals surface area contributed by atoms with Gasteiger partial charge in [0.25, 0.3) is 0 Å². The maximum Gasteiger partial charge on any atom is 0.0696 e. The van der Waals surface area contributed by atoms with Crippen LogP contribution in [0.4, 0.5) is 0 Å². The first kappa shape index (κ1) is 17.2. The summed E-state index contributed by atoms with van der Waals surface area (Å²) in [5.74, 6) is 0.323. The minimum absolute atomic E-state index is 0.120. The number of aliphatic hydroxyl groups is 1. The fourth-order valence-electron chi connectivity index (χ4n) is 2.70. The third kappa shape index (κ3) is 4.32. The van der Waals surface area contributed by atoms with E-state index in [4.69, 9.17) is 5.73 Å². The topological polar surface area (TPSA) is 46.2 Å². The zero-order valence-electron chi connectivity index (χ0n) is 13.9. The van der Waals surface area contributed by atoms with Gasteiger partial charge in [0.2, 0.25) is 0 Å². The van der Waals surface area contributed by atoms with E-state index in [0.717, 1.165) is 12.8 Å². The summed E-state index contributed by atoms with van der Waals surface area (Å²) in [5, 5.41) is 10.1. The molecule has 3 N–H and O–H groups in total. The smallest absolute Gasteiger partial charge is 0.0696 e. The van der Waals surface area contributed by atoms with Crippen LogP contribution in [0, 0.1) is 6.92 Å². The number of aryl methyl sites for hydroxylation is 1. The highest BCUT2D eigenvalue weighted by Crippen LogP contribution is 2.30. The Balaban J connectivity index is 2.92. The Kier molecular flexibility index (Phi) is 5.79. The number of hydrogen-bond donors (Lipinski definition) is 2. The maximum atomic E-state index is 10.1. The zero-order valence-corrected chi connectivity index (χ0v) is 13.9. The minimum atomic E-state index is -0.422.